The van der Waals surface area contributed by atoms with E-state index < -0.39 is 11.6 Å². The van der Waals surface area contributed by atoms with Crippen LogP contribution in [-0.4, -0.2) is 35.1 Å². The van der Waals surface area contributed by atoms with Crippen LogP contribution in [0.15, 0.2) is 30.6 Å². The molecule has 0 radical (unpaired) electrons. The van der Waals surface area contributed by atoms with E-state index in [9.17, 15) is 8.78 Å². The number of rotatable bonds is 7. The molecule has 1 aliphatic rings. The lowest BCUT2D eigenvalue weighted by Gasteiger charge is -2.32. The van der Waals surface area contributed by atoms with Crippen molar-refractivity contribution in [2.24, 2.45) is 5.92 Å². The van der Waals surface area contributed by atoms with Crippen molar-refractivity contribution in [3.05, 3.63) is 59.2 Å². The SMILES string of the molecule is COCc1ncc(CN2CCC[C@@H](CCc3ccc(F)c(F)c3)C2)cn1. The van der Waals surface area contributed by atoms with Gasteiger partial charge in [-0.3, -0.25) is 4.90 Å². The number of aryl methyl sites for hydroxylation is 1. The number of nitrogens with zero attached hydrogens (tertiary/aromatic N) is 3. The summed E-state index contributed by atoms with van der Waals surface area (Å²) in [7, 11) is 1.63. The summed E-state index contributed by atoms with van der Waals surface area (Å²) in [4.78, 5) is 11.1. The minimum absolute atomic E-state index is 0.427. The molecule has 0 aliphatic carbocycles. The maximum Gasteiger partial charge on any atom is 0.159 e. The van der Waals surface area contributed by atoms with Crippen molar-refractivity contribution >= 4 is 0 Å². The number of likely N-dealkylation sites (tertiary alicyclic amines) is 1. The molecule has 6 heteroatoms. The maximum atomic E-state index is 13.3. The Morgan fingerprint density at radius 3 is 2.69 bits per heavy atom. The van der Waals surface area contributed by atoms with Crippen LogP contribution in [-0.2, 0) is 24.3 Å². The van der Waals surface area contributed by atoms with Crippen molar-refractivity contribution in [3.8, 4) is 0 Å². The number of aromatic nitrogens is 2. The van der Waals surface area contributed by atoms with Crippen LogP contribution in [0, 0.1) is 17.6 Å². The lowest BCUT2D eigenvalue weighted by Crippen LogP contribution is -2.35. The van der Waals surface area contributed by atoms with E-state index >= 15 is 0 Å². The highest BCUT2D eigenvalue weighted by Gasteiger charge is 2.20. The van der Waals surface area contributed by atoms with Crippen molar-refractivity contribution in [2.45, 2.75) is 38.8 Å². The van der Waals surface area contributed by atoms with Crippen LogP contribution >= 0.6 is 0 Å². The molecule has 1 saturated heterocycles. The molecule has 2 heterocycles. The minimum Gasteiger partial charge on any atom is -0.377 e. The second-order valence-electron chi connectivity index (χ2n) is 6.97. The molecule has 26 heavy (non-hydrogen) atoms. The zero-order valence-corrected chi connectivity index (χ0v) is 15.1. The molecule has 0 bridgehead atoms. The third-order valence-corrected chi connectivity index (χ3v) is 4.87. The topological polar surface area (TPSA) is 38.2 Å². The van der Waals surface area contributed by atoms with Crippen molar-refractivity contribution in [3.63, 3.8) is 0 Å². The lowest BCUT2D eigenvalue weighted by atomic mass is 9.91. The predicted octanol–water partition coefficient (Wildman–Crippen LogP) is 3.75. The average molecular weight is 361 g/mol. The van der Waals surface area contributed by atoms with Crippen LogP contribution in [0.4, 0.5) is 8.78 Å². The number of methoxy groups -OCH3 is 1. The Morgan fingerprint density at radius 1 is 1.15 bits per heavy atom. The first kappa shape index (κ1) is 18.9. The third kappa shape index (κ3) is 5.29. The number of hydrogen-bond acceptors (Lipinski definition) is 4. The molecule has 3 rings (SSSR count). The molecule has 1 aromatic carbocycles. The molecule has 0 N–H and O–H groups in total. The summed E-state index contributed by atoms with van der Waals surface area (Å²) in [5.41, 5.74) is 1.97. The van der Waals surface area contributed by atoms with Gasteiger partial charge in [-0.1, -0.05) is 6.07 Å². The van der Waals surface area contributed by atoms with E-state index in [0.717, 1.165) is 50.0 Å². The van der Waals surface area contributed by atoms with E-state index in [-0.39, 0.29) is 0 Å². The number of ether oxygens (including phenoxy) is 1. The van der Waals surface area contributed by atoms with E-state index in [0.29, 0.717) is 18.3 Å². The van der Waals surface area contributed by atoms with E-state index in [1.807, 2.05) is 12.4 Å². The van der Waals surface area contributed by atoms with Gasteiger partial charge in [0.25, 0.3) is 0 Å². The van der Waals surface area contributed by atoms with Gasteiger partial charge in [-0.25, -0.2) is 18.7 Å². The van der Waals surface area contributed by atoms with Gasteiger partial charge < -0.3 is 4.74 Å². The number of hydrogen-bond donors (Lipinski definition) is 0. The Labute approximate surface area is 153 Å². The second-order valence-corrected chi connectivity index (χ2v) is 6.97. The molecule has 0 amide bonds. The van der Waals surface area contributed by atoms with Crippen molar-refractivity contribution in [2.75, 3.05) is 20.2 Å². The molecular weight excluding hydrogens is 336 g/mol. The molecule has 2 aromatic rings. The average Bonchev–Trinajstić information content (AvgIpc) is 2.65. The largest absolute Gasteiger partial charge is 0.377 e. The number of benzene rings is 1. The first-order valence-corrected chi connectivity index (χ1v) is 9.09. The quantitative estimate of drug-likeness (QED) is 0.753. The fourth-order valence-corrected chi connectivity index (χ4v) is 3.52. The highest BCUT2D eigenvalue weighted by atomic mass is 19.2. The van der Waals surface area contributed by atoms with Crippen LogP contribution in [0.2, 0.25) is 0 Å². The first-order chi connectivity index (χ1) is 12.6. The second kappa shape index (κ2) is 9.14. The highest BCUT2D eigenvalue weighted by molar-refractivity contribution is 5.18. The van der Waals surface area contributed by atoms with Gasteiger partial charge >= 0.3 is 0 Å². The van der Waals surface area contributed by atoms with Crippen LogP contribution in [0.5, 0.6) is 0 Å². The highest BCUT2D eigenvalue weighted by Crippen LogP contribution is 2.23. The number of halogens is 2. The van der Waals surface area contributed by atoms with Gasteiger partial charge in [0, 0.05) is 38.2 Å². The summed E-state index contributed by atoms with van der Waals surface area (Å²) in [5, 5.41) is 0. The summed E-state index contributed by atoms with van der Waals surface area (Å²) >= 11 is 0. The molecule has 1 aliphatic heterocycles. The van der Waals surface area contributed by atoms with Gasteiger partial charge in [-0.2, -0.15) is 0 Å². The molecule has 1 fully saturated rings. The van der Waals surface area contributed by atoms with Crippen molar-refractivity contribution in [1.29, 1.82) is 0 Å². The van der Waals surface area contributed by atoms with Gasteiger partial charge in [0.15, 0.2) is 17.5 Å². The minimum atomic E-state index is -0.781. The van der Waals surface area contributed by atoms with Gasteiger partial charge in [0.1, 0.15) is 6.61 Å². The first-order valence-electron chi connectivity index (χ1n) is 9.09. The molecule has 140 valence electrons. The molecule has 0 spiro atoms. The van der Waals surface area contributed by atoms with Crippen LogP contribution in [0.3, 0.4) is 0 Å². The Kier molecular flexibility index (Phi) is 6.63. The Hall–Kier alpha value is -1.92. The standard InChI is InChI=1S/C20H25F2N3O/c1-26-14-20-23-10-17(11-24-20)13-25-8-2-3-16(12-25)5-4-15-6-7-18(21)19(22)9-15/h6-7,9-11,16H,2-5,8,12-14H2,1H3/t16-/m0/s1. The zero-order valence-electron chi connectivity index (χ0n) is 15.1. The molecular formula is C20H25F2N3O. The van der Waals surface area contributed by atoms with Gasteiger partial charge in [-0.05, 0) is 55.8 Å². The summed E-state index contributed by atoms with van der Waals surface area (Å²) in [6, 6.07) is 4.21. The van der Waals surface area contributed by atoms with Gasteiger partial charge in [0.2, 0.25) is 0 Å². The Morgan fingerprint density at radius 2 is 1.96 bits per heavy atom. The van der Waals surface area contributed by atoms with E-state index in [2.05, 4.69) is 14.9 Å². The summed E-state index contributed by atoms with van der Waals surface area (Å²) in [5.74, 6) is -0.272. The monoisotopic (exact) mass is 361 g/mol. The molecule has 1 atom stereocenters. The molecule has 0 saturated carbocycles. The Balaban J connectivity index is 1.49. The van der Waals surface area contributed by atoms with Gasteiger partial charge in [-0.15, -0.1) is 0 Å². The van der Waals surface area contributed by atoms with E-state index in [1.54, 1.807) is 13.2 Å². The van der Waals surface area contributed by atoms with Crippen molar-refractivity contribution < 1.29 is 13.5 Å². The van der Waals surface area contributed by atoms with E-state index in [4.69, 9.17) is 4.74 Å². The fraction of sp³-hybridized carbons (Fsp3) is 0.500. The van der Waals surface area contributed by atoms with Crippen LogP contribution < -0.4 is 0 Å². The third-order valence-electron chi connectivity index (χ3n) is 4.87. The van der Waals surface area contributed by atoms with Crippen molar-refractivity contribution in [1.82, 2.24) is 14.9 Å². The van der Waals surface area contributed by atoms with Gasteiger partial charge in [0.05, 0.1) is 0 Å². The summed E-state index contributed by atoms with van der Waals surface area (Å²) < 4.78 is 31.4. The normalized spacial score (nSPS) is 18.2. The maximum absolute atomic E-state index is 13.3. The number of piperidine rings is 1. The van der Waals surface area contributed by atoms with Crippen LogP contribution in [0.25, 0.3) is 0 Å². The molecule has 0 unspecified atom stereocenters. The lowest BCUT2D eigenvalue weighted by molar-refractivity contribution is 0.161. The van der Waals surface area contributed by atoms with E-state index in [1.165, 1.54) is 18.6 Å². The molecule has 4 nitrogen and oxygen atoms in total. The summed E-state index contributed by atoms with van der Waals surface area (Å²) in [6.45, 7) is 3.36. The Bertz CT molecular complexity index is 709. The molecule has 1 aromatic heterocycles. The van der Waals surface area contributed by atoms with Crippen LogP contribution in [0.1, 0.15) is 36.2 Å². The smallest absolute Gasteiger partial charge is 0.159 e. The zero-order chi connectivity index (χ0) is 18.4. The summed E-state index contributed by atoms with van der Waals surface area (Å²) in [6.07, 6.45) is 7.85. The predicted molar refractivity (Wildman–Crippen MR) is 95.4 cm³/mol. The fourth-order valence-electron chi connectivity index (χ4n) is 3.52.